The Hall–Kier alpha value is -3.60. The molecule has 4 rings (SSSR count). The van der Waals surface area contributed by atoms with Crippen LogP contribution in [0.4, 0.5) is 0 Å². The van der Waals surface area contributed by atoms with Gasteiger partial charge in [0.25, 0.3) is 5.56 Å². The predicted octanol–water partition coefficient (Wildman–Crippen LogP) is 4.12. The van der Waals surface area contributed by atoms with Gasteiger partial charge in [-0.05, 0) is 53.3 Å². The quantitative estimate of drug-likeness (QED) is 0.521. The molecule has 0 aliphatic carbocycles. The minimum atomic E-state index is -0.135. The minimum Gasteiger partial charge on any atom is -0.313 e. The fourth-order valence-corrected chi connectivity index (χ4v) is 3.42. The van der Waals surface area contributed by atoms with Gasteiger partial charge in [0.1, 0.15) is 5.78 Å². The van der Waals surface area contributed by atoms with Crippen molar-refractivity contribution in [2.24, 2.45) is 0 Å². The standard InChI is InChI=1S/C24H21N3O2/c28-21(13-18-4-2-12-25-15-18)5-1-3-17-6-8-19(9-7-17)20-10-11-23-22(14-20)24(29)27-16-26-23/h2,4,6-12,14-16H,1,3,5,13H2,(H,26,27,29). The first kappa shape index (κ1) is 18.7. The number of H-pyrrole nitrogens is 1. The summed E-state index contributed by atoms with van der Waals surface area (Å²) in [6.07, 6.45) is 7.58. The van der Waals surface area contributed by atoms with Crippen LogP contribution in [0.1, 0.15) is 24.0 Å². The largest absolute Gasteiger partial charge is 0.313 e. The zero-order chi connectivity index (χ0) is 20.1. The molecule has 2 heterocycles. The molecule has 0 radical (unpaired) electrons. The summed E-state index contributed by atoms with van der Waals surface area (Å²) < 4.78 is 0. The molecule has 0 saturated heterocycles. The maximum atomic E-state index is 12.1. The fraction of sp³-hybridized carbons (Fsp3) is 0.167. The summed E-state index contributed by atoms with van der Waals surface area (Å²) in [4.78, 5) is 34.9. The maximum Gasteiger partial charge on any atom is 0.258 e. The van der Waals surface area contributed by atoms with Gasteiger partial charge < -0.3 is 4.98 Å². The second-order valence-electron chi connectivity index (χ2n) is 7.09. The van der Waals surface area contributed by atoms with E-state index in [-0.39, 0.29) is 11.3 Å². The molecule has 5 heteroatoms. The normalized spacial score (nSPS) is 10.9. The SMILES string of the molecule is O=C(CCCc1ccc(-c2ccc3nc[nH]c(=O)c3c2)cc1)Cc1cccnc1. The minimum absolute atomic E-state index is 0.135. The van der Waals surface area contributed by atoms with Crippen LogP contribution in [0.3, 0.4) is 0 Å². The molecule has 0 aliphatic rings. The first-order valence-electron chi connectivity index (χ1n) is 9.66. The number of hydrogen-bond acceptors (Lipinski definition) is 4. The molecule has 0 fully saturated rings. The Morgan fingerprint density at radius 2 is 1.79 bits per heavy atom. The maximum absolute atomic E-state index is 12.1. The van der Waals surface area contributed by atoms with Crippen LogP contribution < -0.4 is 5.56 Å². The number of pyridine rings is 1. The smallest absolute Gasteiger partial charge is 0.258 e. The van der Waals surface area contributed by atoms with Crippen molar-refractivity contribution in [2.45, 2.75) is 25.7 Å². The number of nitrogens with zero attached hydrogens (tertiary/aromatic N) is 2. The molecule has 29 heavy (non-hydrogen) atoms. The van der Waals surface area contributed by atoms with Crippen molar-refractivity contribution in [1.82, 2.24) is 15.0 Å². The van der Waals surface area contributed by atoms with Gasteiger partial charge >= 0.3 is 0 Å². The molecule has 0 bridgehead atoms. The average molecular weight is 383 g/mol. The van der Waals surface area contributed by atoms with E-state index in [1.165, 1.54) is 11.9 Å². The molecule has 5 nitrogen and oxygen atoms in total. The first-order valence-corrected chi connectivity index (χ1v) is 9.66. The molecule has 4 aromatic rings. The molecule has 0 amide bonds. The summed E-state index contributed by atoms with van der Waals surface area (Å²) in [5, 5.41) is 0.584. The summed E-state index contributed by atoms with van der Waals surface area (Å²) in [6.45, 7) is 0. The van der Waals surface area contributed by atoms with Gasteiger partial charge in [0.05, 0.1) is 17.2 Å². The number of benzene rings is 2. The number of rotatable bonds is 7. The Morgan fingerprint density at radius 3 is 2.59 bits per heavy atom. The number of aryl methyl sites for hydroxylation is 1. The van der Waals surface area contributed by atoms with Gasteiger partial charge in [-0.3, -0.25) is 14.6 Å². The third-order valence-corrected chi connectivity index (χ3v) is 4.97. The van der Waals surface area contributed by atoms with Crippen LogP contribution in [0.5, 0.6) is 0 Å². The highest BCUT2D eigenvalue weighted by molar-refractivity contribution is 5.83. The van der Waals surface area contributed by atoms with E-state index in [4.69, 9.17) is 0 Å². The third-order valence-electron chi connectivity index (χ3n) is 4.97. The zero-order valence-corrected chi connectivity index (χ0v) is 16.0. The fourth-order valence-electron chi connectivity index (χ4n) is 3.42. The lowest BCUT2D eigenvalue weighted by molar-refractivity contribution is -0.118. The number of hydrogen-bond donors (Lipinski definition) is 1. The van der Waals surface area contributed by atoms with Crippen molar-refractivity contribution in [3.05, 3.63) is 94.8 Å². The Labute approximate surface area is 168 Å². The monoisotopic (exact) mass is 383 g/mol. The number of aromatic amines is 1. The van der Waals surface area contributed by atoms with E-state index >= 15 is 0 Å². The molecule has 144 valence electrons. The Kier molecular flexibility index (Phi) is 5.56. The van der Waals surface area contributed by atoms with E-state index in [0.717, 1.165) is 29.5 Å². The molecule has 0 atom stereocenters. The number of ketones is 1. The number of aromatic nitrogens is 3. The second-order valence-corrected chi connectivity index (χ2v) is 7.09. The van der Waals surface area contributed by atoms with Crippen LogP contribution in [0.2, 0.25) is 0 Å². The van der Waals surface area contributed by atoms with Gasteiger partial charge in [0, 0.05) is 25.2 Å². The van der Waals surface area contributed by atoms with Crippen molar-refractivity contribution in [1.29, 1.82) is 0 Å². The van der Waals surface area contributed by atoms with E-state index in [1.807, 2.05) is 30.3 Å². The summed E-state index contributed by atoms with van der Waals surface area (Å²) in [5.41, 5.74) is 4.74. The topological polar surface area (TPSA) is 75.7 Å². The van der Waals surface area contributed by atoms with Crippen molar-refractivity contribution in [3.8, 4) is 11.1 Å². The van der Waals surface area contributed by atoms with Gasteiger partial charge in [0.15, 0.2) is 0 Å². The molecule has 0 spiro atoms. The lowest BCUT2D eigenvalue weighted by Gasteiger charge is -2.06. The van der Waals surface area contributed by atoms with Gasteiger partial charge in [-0.1, -0.05) is 36.4 Å². The molecular formula is C24H21N3O2. The van der Waals surface area contributed by atoms with Gasteiger partial charge in [-0.25, -0.2) is 4.98 Å². The van der Waals surface area contributed by atoms with Crippen molar-refractivity contribution in [3.63, 3.8) is 0 Å². The third kappa shape index (κ3) is 4.63. The van der Waals surface area contributed by atoms with Crippen LogP contribution in [-0.2, 0) is 17.6 Å². The lowest BCUT2D eigenvalue weighted by Crippen LogP contribution is -2.05. The number of nitrogens with one attached hydrogen (secondary N) is 1. The molecule has 0 aliphatic heterocycles. The highest BCUT2D eigenvalue weighted by Crippen LogP contribution is 2.23. The summed E-state index contributed by atoms with van der Waals surface area (Å²) >= 11 is 0. The number of carbonyl (C=O) groups excluding carboxylic acids is 1. The summed E-state index contributed by atoms with van der Waals surface area (Å²) in [7, 11) is 0. The predicted molar refractivity (Wildman–Crippen MR) is 114 cm³/mol. The molecule has 2 aromatic heterocycles. The van der Waals surface area contributed by atoms with Crippen LogP contribution in [-0.4, -0.2) is 20.7 Å². The number of carbonyl (C=O) groups is 1. The summed E-state index contributed by atoms with van der Waals surface area (Å²) in [6, 6.07) is 17.8. The van der Waals surface area contributed by atoms with Gasteiger partial charge in [-0.2, -0.15) is 0 Å². The highest BCUT2D eigenvalue weighted by Gasteiger charge is 2.06. The molecule has 0 saturated carbocycles. The van der Waals surface area contributed by atoms with E-state index in [1.54, 1.807) is 12.4 Å². The molecule has 2 aromatic carbocycles. The Bertz CT molecular complexity index is 1180. The van der Waals surface area contributed by atoms with E-state index < -0.39 is 0 Å². The summed E-state index contributed by atoms with van der Waals surface area (Å²) in [5.74, 6) is 0.240. The molecule has 1 N–H and O–H groups in total. The second kappa shape index (κ2) is 8.61. The van der Waals surface area contributed by atoms with Crippen LogP contribution in [0, 0.1) is 0 Å². The zero-order valence-electron chi connectivity index (χ0n) is 16.0. The van der Waals surface area contributed by atoms with Crippen molar-refractivity contribution >= 4 is 16.7 Å². The van der Waals surface area contributed by atoms with Crippen molar-refractivity contribution in [2.75, 3.05) is 0 Å². The first-order chi connectivity index (χ1) is 14.2. The lowest BCUT2D eigenvalue weighted by atomic mass is 9.99. The Balaban J connectivity index is 1.36. The van der Waals surface area contributed by atoms with E-state index in [9.17, 15) is 9.59 Å². The van der Waals surface area contributed by atoms with Gasteiger partial charge in [0.2, 0.25) is 0 Å². The van der Waals surface area contributed by atoms with Crippen LogP contribution in [0.15, 0.2) is 78.1 Å². The van der Waals surface area contributed by atoms with E-state index in [0.29, 0.717) is 23.7 Å². The van der Waals surface area contributed by atoms with Crippen LogP contribution in [0.25, 0.3) is 22.0 Å². The molecule has 0 unspecified atom stereocenters. The van der Waals surface area contributed by atoms with Crippen LogP contribution >= 0.6 is 0 Å². The average Bonchev–Trinajstić information content (AvgIpc) is 2.75. The van der Waals surface area contributed by atoms with E-state index in [2.05, 4.69) is 39.2 Å². The van der Waals surface area contributed by atoms with Crippen molar-refractivity contribution < 1.29 is 4.79 Å². The highest BCUT2D eigenvalue weighted by atomic mass is 16.1. The number of fused-ring (bicyclic) bond motifs is 1. The Morgan fingerprint density at radius 1 is 0.966 bits per heavy atom. The molecular weight excluding hydrogens is 362 g/mol. The van der Waals surface area contributed by atoms with Gasteiger partial charge in [-0.15, -0.1) is 0 Å². The number of Topliss-reactive ketones (excluding diaryl/α,β-unsaturated/α-hetero) is 1.